The maximum absolute atomic E-state index is 13.2. The molecule has 1 aromatic rings. The molecule has 4 atom stereocenters. The molecule has 2 rings (SSSR count). The van der Waals surface area contributed by atoms with Crippen molar-refractivity contribution in [2.45, 2.75) is 42.9 Å². The van der Waals surface area contributed by atoms with E-state index in [4.69, 9.17) is 0 Å². The van der Waals surface area contributed by atoms with Crippen LogP contribution in [0.2, 0.25) is 0 Å². The van der Waals surface area contributed by atoms with E-state index >= 15 is 0 Å². The molecule has 0 aliphatic heterocycles. The maximum Gasteiger partial charge on any atom is 0.160 e. The fourth-order valence-corrected chi connectivity index (χ4v) is 4.46. The molecule has 5 heteroatoms. The van der Waals surface area contributed by atoms with Crippen molar-refractivity contribution in [3.05, 3.63) is 29.8 Å². The van der Waals surface area contributed by atoms with Crippen LogP contribution in [0.25, 0.3) is 0 Å². The van der Waals surface area contributed by atoms with Gasteiger partial charge < -0.3 is 5.32 Å². The molecule has 19 heavy (non-hydrogen) atoms. The first-order valence-electron chi connectivity index (χ1n) is 6.63. The second-order valence-electron chi connectivity index (χ2n) is 5.01. The summed E-state index contributed by atoms with van der Waals surface area (Å²) < 4.78 is 38.6. The zero-order valence-corrected chi connectivity index (χ0v) is 12.0. The van der Waals surface area contributed by atoms with Crippen molar-refractivity contribution in [2.24, 2.45) is 5.92 Å². The number of hydrogen-bond acceptors (Lipinski definition) is 2. The lowest BCUT2D eigenvalue weighted by Gasteiger charge is -2.21. The van der Waals surface area contributed by atoms with Gasteiger partial charge in [-0.05, 0) is 43.5 Å². The van der Waals surface area contributed by atoms with Crippen molar-refractivity contribution in [1.29, 1.82) is 0 Å². The summed E-state index contributed by atoms with van der Waals surface area (Å²) in [6.07, 6.45) is 1.83. The van der Waals surface area contributed by atoms with E-state index < -0.39 is 22.4 Å². The van der Waals surface area contributed by atoms with Gasteiger partial charge in [0.15, 0.2) is 11.6 Å². The van der Waals surface area contributed by atoms with Crippen LogP contribution in [-0.2, 0) is 10.8 Å². The van der Waals surface area contributed by atoms with E-state index in [1.165, 1.54) is 6.07 Å². The van der Waals surface area contributed by atoms with Gasteiger partial charge in [-0.2, -0.15) is 0 Å². The number of nitrogens with one attached hydrogen (secondary N) is 1. The average molecular weight is 287 g/mol. The Labute approximate surface area is 115 Å². The normalized spacial score (nSPS) is 28.5. The maximum atomic E-state index is 13.2. The van der Waals surface area contributed by atoms with Crippen LogP contribution in [0.5, 0.6) is 0 Å². The minimum absolute atomic E-state index is 0.00825. The van der Waals surface area contributed by atoms with Gasteiger partial charge >= 0.3 is 0 Å². The van der Waals surface area contributed by atoms with Gasteiger partial charge in [-0.3, -0.25) is 4.21 Å². The topological polar surface area (TPSA) is 29.1 Å². The Morgan fingerprint density at radius 2 is 2.05 bits per heavy atom. The Morgan fingerprint density at radius 1 is 1.32 bits per heavy atom. The summed E-state index contributed by atoms with van der Waals surface area (Å²) in [5.41, 5.74) is 0. The molecule has 2 nitrogen and oxygen atoms in total. The first kappa shape index (κ1) is 14.6. The number of benzene rings is 1. The Hall–Kier alpha value is -0.810. The zero-order chi connectivity index (χ0) is 14.0. The van der Waals surface area contributed by atoms with Gasteiger partial charge in [-0.25, -0.2) is 8.78 Å². The van der Waals surface area contributed by atoms with Gasteiger partial charge in [0.05, 0.1) is 10.8 Å². The van der Waals surface area contributed by atoms with Gasteiger partial charge in [-0.15, -0.1) is 0 Å². The van der Waals surface area contributed by atoms with Crippen molar-refractivity contribution >= 4 is 10.8 Å². The van der Waals surface area contributed by atoms with Gasteiger partial charge in [0.2, 0.25) is 0 Å². The molecule has 0 heterocycles. The number of hydrogen-bond donors (Lipinski definition) is 1. The summed E-state index contributed by atoms with van der Waals surface area (Å²) in [6.45, 7) is 5.01. The zero-order valence-electron chi connectivity index (χ0n) is 11.2. The third kappa shape index (κ3) is 3.03. The molecule has 106 valence electrons. The molecule has 0 bridgehead atoms. The standard InChI is InChI=1S/C14H19F2NOS/c1-3-17-13-6-7-14(9(13)2)19(18)10-4-5-11(15)12(16)8-10/h4-5,8-9,13-14,17H,3,6-7H2,1-2H3. The van der Waals surface area contributed by atoms with Crippen molar-refractivity contribution in [3.8, 4) is 0 Å². The minimum Gasteiger partial charge on any atom is -0.314 e. The highest BCUT2D eigenvalue weighted by Gasteiger charge is 2.36. The lowest BCUT2D eigenvalue weighted by atomic mass is 10.1. The minimum atomic E-state index is -1.28. The van der Waals surface area contributed by atoms with Crippen LogP contribution in [0.1, 0.15) is 26.7 Å². The summed E-state index contributed by atoms with van der Waals surface area (Å²) in [6, 6.07) is 3.88. The van der Waals surface area contributed by atoms with E-state index in [9.17, 15) is 13.0 Å². The first-order valence-corrected chi connectivity index (χ1v) is 7.85. The molecule has 1 fully saturated rings. The van der Waals surface area contributed by atoms with Gasteiger partial charge in [0, 0.05) is 16.2 Å². The highest BCUT2D eigenvalue weighted by molar-refractivity contribution is 7.85. The molecule has 0 spiro atoms. The Morgan fingerprint density at radius 3 is 2.68 bits per heavy atom. The third-order valence-corrected chi connectivity index (χ3v) is 5.78. The summed E-state index contributed by atoms with van der Waals surface area (Å²) in [7, 11) is -1.28. The van der Waals surface area contributed by atoms with Crippen molar-refractivity contribution in [3.63, 3.8) is 0 Å². The molecule has 0 saturated heterocycles. The highest BCUT2D eigenvalue weighted by atomic mass is 32.2. The van der Waals surface area contributed by atoms with Crippen LogP contribution in [-0.4, -0.2) is 22.0 Å². The Bertz CT molecular complexity index is 481. The summed E-state index contributed by atoms with van der Waals surface area (Å²) >= 11 is 0. The summed E-state index contributed by atoms with van der Waals surface area (Å²) in [4.78, 5) is 0.382. The third-order valence-electron chi connectivity index (χ3n) is 3.85. The second-order valence-corrected chi connectivity index (χ2v) is 6.68. The predicted molar refractivity (Wildman–Crippen MR) is 72.4 cm³/mol. The molecule has 1 aromatic carbocycles. The Balaban J connectivity index is 2.14. The van der Waals surface area contributed by atoms with E-state index in [1.807, 2.05) is 6.92 Å². The van der Waals surface area contributed by atoms with Crippen molar-refractivity contribution < 1.29 is 13.0 Å². The smallest absolute Gasteiger partial charge is 0.160 e. The lowest BCUT2D eigenvalue weighted by molar-refractivity contribution is 0.438. The quantitative estimate of drug-likeness (QED) is 0.922. The van der Waals surface area contributed by atoms with Crippen LogP contribution < -0.4 is 5.32 Å². The van der Waals surface area contributed by atoms with Gasteiger partial charge in [0.1, 0.15) is 0 Å². The largest absolute Gasteiger partial charge is 0.314 e. The van der Waals surface area contributed by atoms with E-state index in [-0.39, 0.29) is 11.2 Å². The molecular formula is C14H19F2NOS. The molecule has 4 unspecified atom stereocenters. The molecule has 1 saturated carbocycles. The fourth-order valence-electron chi connectivity index (χ4n) is 2.76. The first-order chi connectivity index (χ1) is 9.04. The van der Waals surface area contributed by atoms with Gasteiger partial charge in [0.25, 0.3) is 0 Å². The lowest BCUT2D eigenvalue weighted by Crippen LogP contribution is -2.34. The van der Waals surface area contributed by atoms with Crippen LogP contribution in [0.4, 0.5) is 8.78 Å². The molecule has 1 N–H and O–H groups in total. The van der Waals surface area contributed by atoms with E-state index in [2.05, 4.69) is 12.2 Å². The van der Waals surface area contributed by atoms with Crippen molar-refractivity contribution in [2.75, 3.05) is 6.54 Å². The number of rotatable bonds is 4. The summed E-state index contributed by atoms with van der Waals surface area (Å²) in [5.74, 6) is -1.56. The molecule has 0 aromatic heterocycles. The molecule has 1 aliphatic carbocycles. The van der Waals surface area contributed by atoms with E-state index in [1.54, 1.807) is 0 Å². The van der Waals surface area contributed by atoms with Gasteiger partial charge in [-0.1, -0.05) is 13.8 Å². The fraction of sp³-hybridized carbons (Fsp3) is 0.571. The van der Waals surface area contributed by atoms with Crippen LogP contribution in [0, 0.1) is 17.6 Å². The monoisotopic (exact) mass is 287 g/mol. The van der Waals surface area contributed by atoms with Crippen LogP contribution in [0.3, 0.4) is 0 Å². The SMILES string of the molecule is CCNC1CCC(S(=O)c2ccc(F)c(F)c2)C1C. The summed E-state index contributed by atoms with van der Waals surface area (Å²) in [5, 5.41) is 3.39. The average Bonchev–Trinajstić information content (AvgIpc) is 2.74. The highest BCUT2D eigenvalue weighted by Crippen LogP contribution is 2.32. The number of halogens is 2. The molecule has 0 radical (unpaired) electrons. The van der Waals surface area contributed by atoms with Crippen molar-refractivity contribution in [1.82, 2.24) is 5.32 Å². The molecule has 0 amide bonds. The van der Waals surface area contributed by atoms with E-state index in [0.29, 0.717) is 10.9 Å². The van der Waals surface area contributed by atoms with E-state index in [0.717, 1.165) is 31.5 Å². The second kappa shape index (κ2) is 6.09. The predicted octanol–water partition coefficient (Wildman–Crippen LogP) is 2.85. The van der Waals surface area contributed by atoms with Crippen LogP contribution >= 0.6 is 0 Å². The molecule has 1 aliphatic rings. The Kier molecular flexibility index (Phi) is 4.68. The molecular weight excluding hydrogens is 268 g/mol. The van der Waals surface area contributed by atoms with Crippen LogP contribution in [0.15, 0.2) is 23.1 Å².